The number of hydrogen-bond donors (Lipinski definition) is 1. The van der Waals surface area contributed by atoms with E-state index in [4.69, 9.17) is 0 Å². The van der Waals surface area contributed by atoms with Crippen molar-refractivity contribution in [1.82, 2.24) is 4.90 Å². The molecule has 1 N–H and O–H groups in total. The molecule has 2 aliphatic rings. The van der Waals surface area contributed by atoms with E-state index in [0.29, 0.717) is 5.92 Å². The fourth-order valence-corrected chi connectivity index (χ4v) is 4.58. The third-order valence-electron chi connectivity index (χ3n) is 6.49. The van der Waals surface area contributed by atoms with Crippen LogP contribution >= 0.6 is 0 Å². The number of carbonyl (C=O) groups excluding carboxylic acids is 1. The summed E-state index contributed by atoms with van der Waals surface area (Å²) in [5.74, 6) is 0.489. The Balaban J connectivity index is 1.59. The number of piperidine rings is 1. The standard InChI is InChI=1S/C24H31N3O/c1-17(2)19-6-8-20(9-7-19)25-23(28)27-16-24(11-13-26(4)14-12-24)21-15-18(3)5-10-22(21)27/h5-10,15,17H,11-14,16H2,1-4H3,(H,25,28). The van der Waals surface area contributed by atoms with E-state index >= 15 is 0 Å². The van der Waals surface area contributed by atoms with Gasteiger partial charge in [-0.2, -0.15) is 0 Å². The zero-order chi connectivity index (χ0) is 19.9. The van der Waals surface area contributed by atoms with Crippen molar-refractivity contribution in [2.45, 2.75) is 44.9 Å². The molecule has 0 aliphatic carbocycles. The van der Waals surface area contributed by atoms with E-state index in [2.05, 4.69) is 68.4 Å². The molecule has 1 saturated heterocycles. The number of anilines is 2. The van der Waals surface area contributed by atoms with Crippen LogP contribution < -0.4 is 10.2 Å². The zero-order valence-corrected chi connectivity index (χ0v) is 17.5. The Morgan fingerprint density at radius 1 is 1.07 bits per heavy atom. The molecule has 2 heterocycles. The minimum atomic E-state index is -0.0294. The van der Waals surface area contributed by atoms with Gasteiger partial charge in [0, 0.05) is 23.3 Å². The third-order valence-corrected chi connectivity index (χ3v) is 6.49. The van der Waals surface area contributed by atoms with Crippen molar-refractivity contribution in [1.29, 1.82) is 0 Å². The quantitative estimate of drug-likeness (QED) is 0.787. The van der Waals surface area contributed by atoms with Crippen LogP contribution in [-0.2, 0) is 5.41 Å². The molecule has 1 fully saturated rings. The van der Waals surface area contributed by atoms with Crippen molar-refractivity contribution < 1.29 is 4.79 Å². The van der Waals surface area contributed by atoms with E-state index in [1.54, 1.807) is 0 Å². The Bertz CT molecular complexity index is 864. The Kier molecular flexibility index (Phi) is 4.92. The average Bonchev–Trinajstić information content (AvgIpc) is 2.98. The number of nitrogens with zero attached hydrogens (tertiary/aromatic N) is 2. The number of urea groups is 1. The second kappa shape index (κ2) is 7.25. The molecular formula is C24H31N3O. The summed E-state index contributed by atoms with van der Waals surface area (Å²) < 4.78 is 0. The van der Waals surface area contributed by atoms with Crippen LogP contribution in [0.4, 0.5) is 16.2 Å². The van der Waals surface area contributed by atoms with Gasteiger partial charge < -0.3 is 10.2 Å². The lowest BCUT2D eigenvalue weighted by Gasteiger charge is -2.38. The summed E-state index contributed by atoms with van der Waals surface area (Å²) in [6, 6.07) is 14.7. The SMILES string of the molecule is Cc1ccc2c(c1)C1(CCN(C)CC1)CN2C(=O)Nc1ccc(C(C)C)cc1. The molecule has 4 heteroatoms. The van der Waals surface area contributed by atoms with Gasteiger partial charge in [0.25, 0.3) is 0 Å². The van der Waals surface area contributed by atoms with Gasteiger partial charge in [-0.05, 0) is 75.1 Å². The van der Waals surface area contributed by atoms with Gasteiger partial charge in [0.05, 0.1) is 0 Å². The maximum Gasteiger partial charge on any atom is 0.326 e. The summed E-state index contributed by atoms with van der Waals surface area (Å²) in [6.45, 7) is 9.44. The number of likely N-dealkylation sites (tertiary alicyclic amines) is 1. The summed E-state index contributed by atoms with van der Waals surface area (Å²) in [6.07, 6.45) is 2.21. The molecule has 0 radical (unpaired) electrons. The van der Waals surface area contributed by atoms with Crippen LogP contribution in [0, 0.1) is 6.92 Å². The van der Waals surface area contributed by atoms with Gasteiger partial charge >= 0.3 is 6.03 Å². The molecule has 2 aliphatic heterocycles. The molecular weight excluding hydrogens is 346 g/mol. The molecule has 2 aromatic carbocycles. The molecule has 1 spiro atoms. The zero-order valence-electron chi connectivity index (χ0n) is 17.5. The number of fused-ring (bicyclic) bond motifs is 2. The summed E-state index contributed by atoms with van der Waals surface area (Å²) >= 11 is 0. The second-order valence-electron chi connectivity index (χ2n) is 8.90. The van der Waals surface area contributed by atoms with Gasteiger partial charge in [-0.25, -0.2) is 4.79 Å². The van der Waals surface area contributed by atoms with Gasteiger partial charge in [0.15, 0.2) is 0 Å². The van der Waals surface area contributed by atoms with Crippen LogP contribution in [0.25, 0.3) is 0 Å². The topological polar surface area (TPSA) is 35.6 Å². The number of hydrogen-bond acceptors (Lipinski definition) is 2. The fraction of sp³-hybridized carbons (Fsp3) is 0.458. The first-order valence-electron chi connectivity index (χ1n) is 10.4. The summed E-state index contributed by atoms with van der Waals surface area (Å²) in [5, 5.41) is 3.11. The predicted octanol–water partition coefficient (Wildman–Crippen LogP) is 5.13. The van der Waals surface area contributed by atoms with Crippen LogP contribution in [0.1, 0.15) is 49.3 Å². The molecule has 0 saturated carbocycles. The minimum Gasteiger partial charge on any atom is -0.308 e. The first-order valence-corrected chi connectivity index (χ1v) is 10.4. The van der Waals surface area contributed by atoms with Crippen LogP contribution in [0.15, 0.2) is 42.5 Å². The van der Waals surface area contributed by atoms with E-state index in [9.17, 15) is 4.79 Å². The van der Waals surface area contributed by atoms with Crippen molar-refractivity contribution >= 4 is 17.4 Å². The van der Waals surface area contributed by atoms with Crippen molar-refractivity contribution in [2.75, 3.05) is 36.9 Å². The lowest BCUT2D eigenvalue weighted by molar-refractivity contribution is 0.196. The second-order valence-corrected chi connectivity index (χ2v) is 8.90. The molecule has 0 bridgehead atoms. The maximum absolute atomic E-state index is 13.2. The van der Waals surface area contributed by atoms with E-state index in [0.717, 1.165) is 43.9 Å². The average molecular weight is 378 g/mol. The van der Waals surface area contributed by atoms with Crippen molar-refractivity contribution in [2.24, 2.45) is 0 Å². The van der Waals surface area contributed by atoms with Gasteiger partial charge in [-0.15, -0.1) is 0 Å². The number of nitrogens with one attached hydrogen (secondary N) is 1. The highest BCUT2D eigenvalue weighted by molar-refractivity contribution is 6.03. The number of aryl methyl sites for hydroxylation is 1. The highest BCUT2D eigenvalue weighted by Crippen LogP contribution is 2.47. The lowest BCUT2D eigenvalue weighted by Crippen LogP contribution is -2.45. The van der Waals surface area contributed by atoms with E-state index < -0.39 is 0 Å². The summed E-state index contributed by atoms with van der Waals surface area (Å²) in [5.41, 5.74) is 5.92. The molecule has 0 unspecified atom stereocenters. The molecule has 2 aromatic rings. The van der Waals surface area contributed by atoms with Gasteiger partial charge in [-0.1, -0.05) is 43.7 Å². The number of amides is 2. The molecule has 4 nitrogen and oxygen atoms in total. The lowest BCUT2D eigenvalue weighted by atomic mass is 9.74. The molecule has 0 aromatic heterocycles. The Morgan fingerprint density at radius 2 is 1.75 bits per heavy atom. The van der Waals surface area contributed by atoms with E-state index in [1.165, 1.54) is 16.7 Å². The van der Waals surface area contributed by atoms with E-state index in [-0.39, 0.29) is 11.4 Å². The van der Waals surface area contributed by atoms with Crippen LogP contribution in [0.2, 0.25) is 0 Å². The number of carbonyl (C=O) groups is 1. The van der Waals surface area contributed by atoms with Crippen molar-refractivity contribution in [3.05, 3.63) is 59.2 Å². The molecule has 2 amide bonds. The summed E-state index contributed by atoms with van der Waals surface area (Å²) in [7, 11) is 2.18. The monoisotopic (exact) mass is 377 g/mol. The Labute approximate surface area is 168 Å². The largest absolute Gasteiger partial charge is 0.326 e. The molecule has 148 valence electrons. The fourth-order valence-electron chi connectivity index (χ4n) is 4.58. The minimum absolute atomic E-state index is 0.0294. The Morgan fingerprint density at radius 3 is 2.39 bits per heavy atom. The highest BCUT2D eigenvalue weighted by atomic mass is 16.2. The van der Waals surface area contributed by atoms with Gasteiger partial charge in [-0.3, -0.25) is 4.90 Å². The highest BCUT2D eigenvalue weighted by Gasteiger charge is 2.46. The smallest absolute Gasteiger partial charge is 0.308 e. The summed E-state index contributed by atoms with van der Waals surface area (Å²) in [4.78, 5) is 17.5. The van der Waals surface area contributed by atoms with Crippen molar-refractivity contribution in [3.8, 4) is 0 Å². The molecule has 0 atom stereocenters. The number of rotatable bonds is 2. The van der Waals surface area contributed by atoms with Crippen LogP contribution in [-0.4, -0.2) is 37.6 Å². The Hall–Kier alpha value is -2.33. The van der Waals surface area contributed by atoms with Gasteiger partial charge in [0.1, 0.15) is 0 Å². The van der Waals surface area contributed by atoms with E-state index in [1.807, 2.05) is 17.0 Å². The van der Waals surface area contributed by atoms with Crippen LogP contribution in [0.5, 0.6) is 0 Å². The molecule has 28 heavy (non-hydrogen) atoms. The number of benzene rings is 2. The first kappa shape index (κ1) is 19.0. The third kappa shape index (κ3) is 3.42. The van der Waals surface area contributed by atoms with Gasteiger partial charge in [0.2, 0.25) is 0 Å². The first-order chi connectivity index (χ1) is 13.4. The molecule has 4 rings (SSSR count). The van der Waals surface area contributed by atoms with Crippen molar-refractivity contribution in [3.63, 3.8) is 0 Å². The normalized spacial score (nSPS) is 18.5. The van der Waals surface area contributed by atoms with Crippen LogP contribution in [0.3, 0.4) is 0 Å². The maximum atomic E-state index is 13.2. The predicted molar refractivity (Wildman–Crippen MR) is 116 cm³/mol.